The lowest BCUT2D eigenvalue weighted by Gasteiger charge is -2.27. The second-order valence-corrected chi connectivity index (χ2v) is 5.46. The molecule has 2 rings (SSSR count). The van der Waals surface area contributed by atoms with Gasteiger partial charge in [-0.15, -0.1) is 0 Å². The summed E-state index contributed by atoms with van der Waals surface area (Å²) >= 11 is 0. The minimum atomic E-state index is 0.250. The van der Waals surface area contributed by atoms with Crippen LogP contribution < -0.4 is 9.47 Å². The van der Waals surface area contributed by atoms with E-state index in [4.69, 9.17) is 9.47 Å². The van der Waals surface area contributed by atoms with Gasteiger partial charge in [-0.3, -0.25) is 9.69 Å². The van der Waals surface area contributed by atoms with Crippen LogP contribution in [0, 0.1) is 0 Å². The first-order chi connectivity index (χ1) is 10.7. The summed E-state index contributed by atoms with van der Waals surface area (Å²) in [5.74, 6) is 1.68. The minimum Gasteiger partial charge on any atom is -0.493 e. The highest BCUT2D eigenvalue weighted by atomic mass is 16.5. The lowest BCUT2D eigenvalue weighted by atomic mass is 10.00. The molecule has 1 saturated heterocycles. The Morgan fingerprint density at radius 2 is 2.09 bits per heavy atom. The number of methoxy groups -OCH3 is 1. The molecule has 0 N–H and O–H groups in total. The van der Waals surface area contributed by atoms with E-state index in [-0.39, 0.29) is 5.78 Å². The van der Waals surface area contributed by atoms with Gasteiger partial charge in [0.15, 0.2) is 17.3 Å². The molecule has 4 nitrogen and oxygen atoms in total. The monoisotopic (exact) mass is 303 g/mol. The Morgan fingerprint density at radius 3 is 2.77 bits per heavy atom. The van der Waals surface area contributed by atoms with Gasteiger partial charge in [0.2, 0.25) is 0 Å². The molecule has 0 atom stereocenters. The van der Waals surface area contributed by atoms with Crippen LogP contribution >= 0.6 is 0 Å². The summed E-state index contributed by atoms with van der Waals surface area (Å²) in [5.41, 5.74) is 1.85. The summed E-state index contributed by atoms with van der Waals surface area (Å²) < 4.78 is 10.9. The molecule has 0 aromatic heterocycles. The van der Waals surface area contributed by atoms with E-state index in [1.54, 1.807) is 7.11 Å². The first kappa shape index (κ1) is 16.6. The molecule has 0 bridgehead atoms. The number of carbonyl (C=O) groups is 1. The molecule has 0 saturated carbocycles. The normalized spacial score (nSPS) is 17.8. The molecule has 1 fully saturated rings. The van der Waals surface area contributed by atoms with Gasteiger partial charge in [-0.1, -0.05) is 13.0 Å². The van der Waals surface area contributed by atoms with Gasteiger partial charge in [-0.25, -0.2) is 0 Å². The van der Waals surface area contributed by atoms with E-state index in [9.17, 15) is 4.79 Å². The zero-order chi connectivity index (χ0) is 15.9. The molecule has 1 heterocycles. The van der Waals surface area contributed by atoms with Crippen molar-refractivity contribution in [2.24, 2.45) is 0 Å². The quantitative estimate of drug-likeness (QED) is 0.757. The van der Waals surface area contributed by atoms with Crippen molar-refractivity contribution in [3.05, 3.63) is 29.3 Å². The molecule has 1 aliphatic rings. The van der Waals surface area contributed by atoms with Gasteiger partial charge in [0.1, 0.15) is 0 Å². The van der Waals surface area contributed by atoms with Gasteiger partial charge in [0.25, 0.3) is 0 Å². The fourth-order valence-corrected chi connectivity index (χ4v) is 2.71. The molecule has 0 aliphatic carbocycles. The molecule has 1 aliphatic heterocycles. The second-order valence-electron chi connectivity index (χ2n) is 5.46. The predicted molar refractivity (Wildman–Crippen MR) is 88.5 cm³/mol. The van der Waals surface area contributed by atoms with Crippen LogP contribution in [0.1, 0.15) is 32.3 Å². The SMILES string of the molecule is CCCN1CCC(=O)/C(=C/c2ccc(OCC)c(OC)c2)C1. The van der Waals surface area contributed by atoms with E-state index in [2.05, 4.69) is 11.8 Å². The van der Waals surface area contributed by atoms with Crippen LogP contribution in [0.2, 0.25) is 0 Å². The summed E-state index contributed by atoms with van der Waals surface area (Å²) in [7, 11) is 1.63. The molecule has 120 valence electrons. The first-order valence-electron chi connectivity index (χ1n) is 7.94. The predicted octanol–water partition coefficient (Wildman–Crippen LogP) is 3.16. The fraction of sp³-hybridized carbons (Fsp3) is 0.500. The zero-order valence-corrected chi connectivity index (χ0v) is 13.7. The highest BCUT2D eigenvalue weighted by Crippen LogP contribution is 2.29. The number of nitrogens with zero attached hydrogens (tertiary/aromatic N) is 1. The van der Waals surface area contributed by atoms with Gasteiger partial charge >= 0.3 is 0 Å². The first-order valence-corrected chi connectivity index (χ1v) is 7.94. The van der Waals surface area contributed by atoms with E-state index in [0.717, 1.165) is 42.9 Å². The Labute approximate surface area is 132 Å². The molecule has 1 aromatic carbocycles. The highest BCUT2D eigenvalue weighted by Gasteiger charge is 2.20. The maximum Gasteiger partial charge on any atom is 0.161 e. The lowest BCUT2D eigenvalue weighted by Crippen LogP contribution is -2.36. The Morgan fingerprint density at radius 1 is 1.27 bits per heavy atom. The third-order valence-electron chi connectivity index (χ3n) is 3.78. The summed E-state index contributed by atoms with van der Waals surface area (Å²) in [6, 6.07) is 5.78. The third kappa shape index (κ3) is 4.10. The molecular formula is C18H25NO3. The standard InChI is InChI=1S/C18H25NO3/c1-4-9-19-10-8-16(20)15(13-19)11-14-6-7-17(22-5-2)18(12-14)21-3/h6-7,11-12H,4-5,8-10,13H2,1-3H3/b15-11+. The van der Waals surface area contributed by atoms with E-state index in [0.29, 0.717) is 18.8 Å². The highest BCUT2D eigenvalue weighted by molar-refractivity contribution is 6.00. The van der Waals surface area contributed by atoms with Crippen LogP contribution in [-0.2, 0) is 4.79 Å². The van der Waals surface area contributed by atoms with E-state index < -0.39 is 0 Å². The lowest BCUT2D eigenvalue weighted by molar-refractivity contribution is -0.117. The van der Waals surface area contributed by atoms with E-state index in [1.165, 1.54) is 0 Å². The van der Waals surface area contributed by atoms with Gasteiger partial charge in [0.05, 0.1) is 13.7 Å². The average Bonchev–Trinajstić information content (AvgIpc) is 2.52. The largest absolute Gasteiger partial charge is 0.493 e. The molecule has 4 heteroatoms. The summed E-state index contributed by atoms with van der Waals surface area (Å²) in [6.07, 6.45) is 3.70. The number of hydrogen-bond acceptors (Lipinski definition) is 4. The van der Waals surface area contributed by atoms with Gasteiger partial charge < -0.3 is 9.47 Å². The van der Waals surface area contributed by atoms with Crippen molar-refractivity contribution < 1.29 is 14.3 Å². The molecular weight excluding hydrogens is 278 g/mol. The Balaban J connectivity index is 2.21. The Hall–Kier alpha value is -1.81. The number of benzene rings is 1. The maximum absolute atomic E-state index is 12.1. The molecule has 0 radical (unpaired) electrons. The average molecular weight is 303 g/mol. The molecule has 0 amide bonds. The van der Waals surface area contributed by atoms with Crippen LogP contribution in [0.25, 0.3) is 6.08 Å². The van der Waals surface area contributed by atoms with Crippen molar-refractivity contribution in [1.29, 1.82) is 0 Å². The van der Waals surface area contributed by atoms with Crippen molar-refractivity contribution >= 4 is 11.9 Å². The summed E-state index contributed by atoms with van der Waals surface area (Å²) in [6.45, 7) is 7.35. The van der Waals surface area contributed by atoms with Gasteiger partial charge in [-0.2, -0.15) is 0 Å². The van der Waals surface area contributed by atoms with Crippen LogP contribution in [0.15, 0.2) is 23.8 Å². The van der Waals surface area contributed by atoms with E-state index >= 15 is 0 Å². The van der Waals surface area contributed by atoms with Crippen LogP contribution in [0.4, 0.5) is 0 Å². The molecule has 0 spiro atoms. The van der Waals surface area contributed by atoms with Crippen molar-refractivity contribution in [3.8, 4) is 11.5 Å². The Kier molecular flexibility index (Phi) is 6.01. The van der Waals surface area contributed by atoms with Crippen molar-refractivity contribution in [2.45, 2.75) is 26.7 Å². The Bertz CT molecular complexity index is 551. The van der Waals surface area contributed by atoms with E-state index in [1.807, 2.05) is 31.2 Å². The molecule has 1 aromatic rings. The number of rotatable bonds is 6. The number of piperidine rings is 1. The summed E-state index contributed by atoms with van der Waals surface area (Å²) in [5, 5.41) is 0. The number of ether oxygens (including phenoxy) is 2. The summed E-state index contributed by atoms with van der Waals surface area (Å²) in [4.78, 5) is 14.5. The smallest absolute Gasteiger partial charge is 0.161 e. The van der Waals surface area contributed by atoms with Gasteiger partial charge in [-0.05, 0) is 43.7 Å². The van der Waals surface area contributed by atoms with Crippen LogP contribution in [0.5, 0.6) is 11.5 Å². The number of Topliss-reactive ketones (excluding diaryl/α,β-unsaturated/α-hetero) is 1. The number of carbonyl (C=O) groups excluding carboxylic acids is 1. The molecule has 22 heavy (non-hydrogen) atoms. The fourth-order valence-electron chi connectivity index (χ4n) is 2.71. The number of likely N-dealkylation sites (tertiary alicyclic amines) is 1. The number of hydrogen-bond donors (Lipinski definition) is 0. The maximum atomic E-state index is 12.1. The van der Waals surface area contributed by atoms with Crippen LogP contribution in [-0.4, -0.2) is 44.0 Å². The van der Waals surface area contributed by atoms with Crippen molar-refractivity contribution in [3.63, 3.8) is 0 Å². The third-order valence-corrected chi connectivity index (χ3v) is 3.78. The van der Waals surface area contributed by atoms with Gasteiger partial charge in [0, 0.05) is 25.1 Å². The van der Waals surface area contributed by atoms with Crippen molar-refractivity contribution in [2.75, 3.05) is 33.4 Å². The zero-order valence-electron chi connectivity index (χ0n) is 13.7. The minimum absolute atomic E-state index is 0.250. The topological polar surface area (TPSA) is 38.8 Å². The second kappa shape index (κ2) is 7.99. The van der Waals surface area contributed by atoms with Crippen molar-refractivity contribution in [1.82, 2.24) is 4.90 Å². The number of ketones is 1. The van der Waals surface area contributed by atoms with Crippen LogP contribution in [0.3, 0.4) is 0 Å². The molecule has 0 unspecified atom stereocenters.